The predicted octanol–water partition coefficient (Wildman–Crippen LogP) is 3.85. The standard InChI is InChI=1S/C20H18N2O5S/c1-24-15-5-3-12(9-17(15)25-2)20-22-14(11-28-20)19(23)21-13-4-6-16-18(10-13)27-8-7-26-16/h3-6,9-11H,7-8H2,1-2H3,(H,21,23). The van der Waals surface area contributed by atoms with Crippen LogP contribution in [0.4, 0.5) is 5.69 Å². The van der Waals surface area contributed by atoms with Crippen LogP contribution in [-0.2, 0) is 0 Å². The van der Waals surface area contributed by atoms with Crippen molar-refractivity contribution < 1.29 is 23.7 Å². The summed E-state index contributed by atoms with van der Waals surface area (Å²) in [6, 6.07) is 10.8. The number of ether oxygens (including phenoxy) is 4. The van der Waals surface area contributed by atoms with Crippen LogP contribution in [-0.4, -0.2) is 38.3 Å². The highest BCUT2D eigenvalue weighted by Gasteiger charge is 2.16. The summed E-state index contributed by atoms with van der Waals surface area (Å²) in [6.07, 6.45) is 0. The summed E-state index contributed by atoms with van der Waals surface area (Å²) in [5.41, 5.74) is 1.81. The highest BCUT2D eigenvalue weighted by atomic mass is 32.1. The fraction of sp³-hybridized carbons (Fsp3) is 0.200. The van der Waals surface area contributed by atoms with E-state index in [1.807, 2.05) is 18.2 Å². The minimum Gasteiger partial charge on any atom is -0.493 e. The van der Waals surface area contributed by atoms with Crippen LogP contribution in [0.3, 0.4) is 0 Å². The Morgan fingerprint density at radius 1 is 1.04 bits per heavy atom. The molecule has 3 aromatic rings. The topological polar surface area (TPSA) is 78.9 Å². The minimum atomic E-state index is -0.292. The second-order valence-corrected chi connectivity index (χ2v) is 6.78. The molecule has 0 atom stereocenters. The molecule has 28 heavy (non-hydrogen) atoms. The highest BCUT2D eigenvalue weighted by molar-refractivity contribution is 7.13. The van der Waals surface area contributed by atoms with Gasteiger partial charge in [-0.3, -0.25) is 4.79 Å². The van der Waals surface area contributed by atoms with Gasteiger partial charge >= 0.3 is 0 Å². The van der Waals surface area contributed by atoms with Gasteiger partial charge in [-0.25, -0.2) is 4.98 Å². The maximum Gasteiger partial charge on any atom is 0.275 e. The molecule has 1 aliphatic rings. The van der Waals surface area contributed by atoms with Gasteiger partial charge in [-0.1, -0.05) is 0 Å². The highest BCUT2D eigenvalue weighted by Crippen LogP contribution is 2.34. The van der Waals surface area contributed by atoms with Crippen LogP contribution in [0, 0.1) is 0 Å². The lowest BCUT2D eigenvalue weighted by atomic mass is 10.2. The van der Waals surface area contributed by atoms with Gasteiger partial charge in [-0.15, -0.1) is 11.3 Å². The Bertz CT molecular complexity index is 1020. The first-order valence-corrected chi connectivity index (χ1v) is 9.45. The summed E-state index contributed by atoms with van der Waals surface area (Å²) in [5, 5.41) is 5.28. The average Bonchev–Trinajstić information content (AvgIpc) is 3.23. The van der Waals surface area contributed by atoms with Crippen molar-refractivity contribution >= 4 is 22.9 Å². The number of rotatable bonds is 5. The van der Waals surface area contributed by atoms with E-state index in [1.165, 1.54) is 11.3 Å². The Kier molecular flexibility index (Phi) is 5.03. The number of nitrogens with one attached hydrogen (secondary N) is 1. The maximum atomic E-state index is 12.6. The summed E-state index contributed by atoms with van der Waals surface area (Å²) in [5.74, 6) is 2.25. The number of carbonyl (C=O) groups is 1. The Balaban J connectivity index is 1.52. The summed E-state index contributed by atoms with van der Waals surface area (Å²) in [4.78, 5) is 17.0. The van der Waals surface area contributed by atoms with Crippen LogP contribution in [0.5, 0.6) is 23.0 Å². The fourth-order valence-electron chi connectivity index (χ4n) is 2.80. The van der Waals surface area contributed by atoms with Crippen molar-refractivity contribution in [1.29, 1.82) is 0 Å². The van der Waals surface area contributed by atoms with E-state index in [4.69, 9.17) is 18.9 Å². The van der Waals surface area contributed by atoms with Gasteiger partial charge in [0.2, 0.25) is 0 Å². The van der Waals surface area contributed by atoms with Crippen molar-refractivity contribution in [3.8, 4) is 33.6 Å². The first-order valence-electron chi connectivity index (χ1n) is 8.57. The second-order valence-electron chi connectivity index (χ2n) is 5.92. The third kappa shape index (κ3) is 3.59. The quantitative estimate of drug-likeness (QED) is 0.703. The second kappa shape index (κ2) is 7.77. The van der Waals surface area contributed by atoms with Gasteiger partial charge in [-0.05, 0) is 30.3 Å². The van der Waals surface area contributed by atoms with Crippen LogP contribution in [0.25, 0.3) is 10.6 Å². The van der Waals surface area contributed by atoms with E-state index >= 15 is 0 Å². The van der Waals surface area contributed by atoms with Crippen LogP contribution in [0.2, 0.25) is 0 Å². The van der Waals surface area contributed by atoms with Gasteiger partial charge in [-0.2, -0.15) is 0 Å². The number of hydrogen-bond donors (Lipinski definition) is 1. The van der Waals surface area contributed by atoms with Crippen molar-refractivity contribution in [1.82, 2.24) is 4.98 Å². The Hall–Kier alpha value is -3.26. The number of anilines is 1. The molecule has 7 nitrogen and oxygen atoms in total. The molecule has 8 heteroatoms. The molecule has 0 bridgehead atoms. The molecule has 1 aliphatic heterocycles. The molecule has 1 N–H and O–H groups in total. The number of benzene rings is 2. The van der Waals surface area contributed by atoms with Crippen LogP contribution in [0.15, 0.2) is 41.8 Å². The summed E-state index contributed by atoms with van der Waals surface area (Å²) in [6.45, 7) is 1.02. The first kappa shape index (κ1) is 18.1. The Morgan fingerprint density at radius 2 is 1.82 bits per heavy atom. The van der Waals surface area contributed by atoms with Gasteiger partial charge in [0.1, 0.15) is 23.9 Å². The van der Waals surface area contributed by atoms with E-state index in [0.29, 0.717) is 52.6 Å². The van der Waals surface area contributed by atoms with Gasteiger partial charge < -0.3 is 24.3 Å². The van der Waals surface area contributed by atoms with E-state index in [1.54, 1.807) is 37.8 Å². The van der Waals surface area contributed by atoms with Crippen molar-refractivity contribution in [2.24, 2.45) is 0 Å². The maximum absolute atomic E-state index is 12.6. The number of aromatic nitrogens is 1. The molecule has 4 rings (SSSR count). The smallest absolute Gasteiger partial charge is 0.275 e. The molecule has 0 aliphatic carbocycles. The molecule has 144 valence electrons. The summed E-state index contributed by atoms with van der Waals surface area (Å²) < 4.78 is 21.6. The number of methoxy groups -OCH3 is 2. The van der Waals surface area contributed by atoms with E-state index in [2.05, 4.69) is 10.3 Å². The lowest BCUT2D eigenvalue weighted by molar-refractivity contribution is 0.102. The zero-order chi connectivity index (χ0) is 19.5. The molecule has 0 saturated heterocycles. The van der Waals surface area contributed by atoms with E-state index in [0.717, 1.165) is 5.56 Å². The van der Waals surface area contributed by atoms with E-state index < -0.39 is 0 Å². The number of carbonyl (C=O) groups excluding carboxylic acids is 1. The Morgan fingerprint density at radius 3 is 2.61 bits per heavy atom. The van der Waals surface area contributed by atoms with Crippen molar-refractivity contribution in [3.63, 3.8) is 0 Å². The molecule has 0 unspecified atom stereocenters. The van der Waals surface area contributed by atoms with E-state index in [9.17, 15) is 4.79 Å². The molecular formula is C20H18N2O5S. The SMILES string of the molecule is COc1ccc(-c2nc(C(=O)Nc3ccc4c(c3)OCCO4)cs2)cc1OC. The summed E-state index contributed by atoms with van der Waals surface area (Å²) >= 11 is 1.38. The zero-order valence-electron chi connectivity index (χ0n) is 15.4. The van der Waals surface area contributed by atoms with Crippen molar-refractivity contribution in [2.75, 3.05) is 32.8 Å². The molecule has 0 radical (unpaired) electrons. The predicted molar refractivity (Wildman–Crippen MR) is 106 cm³/mol. The van der Waals surface area contributed by atoms with Crippen molar-refractivity contribution in [3.05, 3.63) is 47.5 Å². The number of hydrogen-bond acceptors (Lipinski definition) is 7. The average molecular weight is 398 g/mol. The third-order valence-corrected chi connectivity index (χ3v) is 5.06. The largest absolute Gasteiger partial charge is 0.493 e. The lowest BCUT2D eigenvalue weighted by Crippen LogP contribution is -2.16. The van der Waals surface area contributed by atoms with Crippen molar-refractivity contribution in [2.45, 2.75) is 0 Å². The van der Waals surface area contributed by atoms with Crippen LogP contribution < -0.4 is 24.3 Å². The molecule has 1 aromatic heterocycles. The number of nitrogens with zero attached hydrogens (tertiary/aromatic N) is 1. The molecule has 0 fully saturated rings. The van der Waals surface area contributed by atoms with Crippen LogP contribution >= 0.6 is 11.3 Å². The number of thiazole rings is 1. The number of fused-ring (bicyclic) bond motifs is 1. The van der Waals surface area contributed by atoms with Gasteiger partial charge in [0.15, 0.2) is 23.0 Å². The van der Waals surface area contributed by atoms with Gasteiger partial charge in [0.05, 0.1) is 14.2 Å². The lowest BCUT2D eigenvalue weighted by Gasteiger charge is -2.18. The zero-order valence-corrected chi connectivity index (χ0v) is 16.2. The van der Waals surface area contributed by atoms with Crippen LogP contribution in [0.1, 0.15) is 10.5 Å². The Labute approximate surface area is 165 Å². The first-order chi connectivity index (χ1) is 13.7. The van der Waals surface area contributed by atoms with Gasteiger partial charge in [0, 0.05) is 22.7 Å². The fourth-order valence-corrected chi connectivity index (χ4v) is 3.59. The summed E-state index contributed by atoms with van der Waals surface area (Å²) in [7, 11) is 3.16. The molecule has 2 heterocycles. The number of amides is 1. The molecular weight excluding hydrogens is 380 g/mol. The molecule has 2 aromatic carbocycles. The van der Waals surface area contributed by atoms with Gasteiger partial charge in [0.25, 0.3) is 5.91 Å². The van der Waals surface area contributed by atoms with E-state index in [-0.39, 0.29) is 5.91 Å². The minimum absolute atomic E-state index is 0.292. The molecule has 0 saturated carbocycles. The monoisotopic (exact) mass is 398 g/mol. The third-order valence-electron chi connectivity index (χ3n) is 4.17. The molecule has 0 spiro atoms. The molecule has 1 amide bonds. The normalized spacial score (nSPS) is 12.4.